The van der Waals surface area contributed by atoms with Crippen molar-refractivity contribution in [2.75, 3.05) is 13.2 Å². The van der Waals surface area contributed by atoms with E-state index >= 15 is 0 Å². The summed E-state index contributed by atoms with van der Waals surface area (Å²) in [5.74, 6) is -0.374. The van der Waals surface area contributed by atoms with Gasteiger partial charge >= 0.3 is 5.97 Å². The number of carboxylic acids is 1. The number of halogens is 1. The number of nitrogens with one attached hydrogen (secondary N) is 1. The molecule has 1 aliphatic rings. The first-order valence-electron chi connectivity index (χ1n) is 7.02. The monoisotopic (exact) mass is 347 g/mol. The van der Waals surface area contributed by atoms with Crippen molar-refractivity contribution in [1.29, 1.82) is 0 Å². The van der Waals surface area contributed by atoms with Gasteiger partial charge in [-0.1, -0.05) is 18.0 Å². The molecule has 6 nitrogen and oxygen atoms in total. The van der Waals surface area contributed by atoms with E-state index in [0.717, 1.165) is 12.8 Å². The Morgan fingerprint density at radius 3 is 2.73 bits per heavy atom. The van der Waals surface area contributed by atoms with Crippen LogP contribution in [0.25, 0.3) is 0 Å². The maximum Gasteiger partial charge on any atom is 0.304 e. The number of carbonyl (C=O) groups is 1. The van der Waals surface area contributed by atoms with Crippen molar-refractivity contribution in [3.05, 3.63) is 23.2 Å². The van der Waals surface area contributed by atoms with Crippen LogP contribution in [-0.2, 0) is 14.8 Å². The molecule has 0 bridgehead atoms. The molecule has 0 atom stereocenters. The maximum absolute atomic E-state index is 12.3. The first kappa shape index (κ1) is 17.1. The summed E-state index contributed by atoms with van der Waals surface area (Å²) in [7, 11) is -3.87. The van der Waals surface area contributed by atoms with E-state index in [1.54, 1.807) is 6.07 Å². The second kappa shape index (κ2) is 7.30. The number of sulfonamides is 1. The topological polar surface area (TPSA) is 92.7 Å². The molecule has 2 rings (SSSR count). The molecule has 0 radical (unpaired) electrons. The Hall–Kier alpha value is -1.31. The summed E-state index contributed by atoms with van der Waals surface area (Å²) in [5, 5.41) is 8.85. The molecule has 0 aliphatic heterocycles. The van der Waals surface area contributed by atoms with Crippen molar-refractivity contribution in [3.63, 3.8) is 0 Å². The number of carboxylic acid groups (broad SMARTS) is 1. The molecule has 2 N–H and O–H groups in total. The second-order valence-corrected chi connectivity index (χ2v) is 7.41. The van der Waals surface area contributed by atoms with E-state index in [1.165, 1.54) is 18.6 Å². The highest BCUT2D eigenvalue weighted by molar-refractivity contribution is 7.89. The van der Waals surface area contributed by atoms with Gasteiger partial charge in [0, 0.05) is 11.6 Å². The van der Waals surface area contributed by atoms with Crippen molar-refractivity contribution in [2.24, 2.45) is 5.92 Å². The molecular formula is C14H18ClNO5S. The Bertz CT molecular complexity index is 643. The van der Waals surface area contributed by atoms with Gasteiger partial charge in [0.15, 0.2) is 0 Å². The molecule has 1 aliphatic carbocycles. The molecule has 0 heterocycles. The van der Waals surface area contributed by atoms with Gasteiger partial charge in [0.1, 0.15) is 10.6 Å². The molecule has 1 saturated carbocycles. The maximum atomic E-state index is 12.3. The van der Waals surface area contributed by atoms with Gasteiger partial charge in [0.25, 0.3) is 0 Å². The van der Waals surface area contributed by atoms with Crippen LogP contribution in [0.1, 0.15) is 25.7 Å². The fourth-order valence-corrected chi connectivity index (χ4v) is 3.49. The highest BCUT2D eigenvalue weighted by Gasteiger charge is 2.23. The van der Waals surface area contributed by atoms with Crippen LogP contribution in [0.4, 0.5) is 0 Å². The third-order valence-electron chi connectivity index (χ3n) is 3.53. The lowest BCUT2D eigenvalue weighted by Gasteiger charge is -2.25. The van der Waals surface area contributed by atoms with Crippen molar-refractivity contribution in [3.8, 4) is 5.75 Å². The quantitative estimate of drug-likeness (QED) is 0.752. The van der Waals surface area contributed by atoms with Gasteiger partial charge in [-0.2, -0.15) is 0 Å². The number of aliphatic carboxylic acids is 1. The Kier molecular flexibility index (Phi) is 5.66. The van der Waals surface area contributed by atoms with Crippen molar-refractivity contribution in [1.82, 2.24) is 4.72 Å². The van der Waals surface area contributed by atoms with Gasteiger partial charge in [-0.3, -0.25) is 4.79 Å². The average Bonchev–Trinajstić information content (AvgIpc) is 2.37. The molecule has 0 amide bonds. The number of hydrogen-bond acceptors (Lipinski definition) is 4. The molecule has 1 aromatic carbocycles. The SMILES string of the molecule is O=C(O)CCNS(=O)(=O)c1cc(Cl)ccc1OCC1CCC1. The summed E-state index contributed by atoms with van der Waals surface area (Å²) in [6.45, 7) is 0.283. The van der Waals surface area contributed by atoms with Gasteiger partial charge in [-0.25, -0.2) is 13.1 Å². The van der Waals surface area contributed by atoms with Gasteiger partial charge in [-0.05, 0) is 37.0 Å². The van der Waals surface area contributed by atoms with Gasteiger partial charge in [0.05, 0.1) is 13.0 Å². The zero-order valence-corrected chi connectivity index (χ0v) is 13.5. The van der Waals surface area contributed by atoms with E-state index in [1.807, 2.05) is 0 Å². The molecule has 1 aromatic rings. The zero-order valence-electron chi connectivity index (χ0n) is 11.9. The van der Waals surface area contributed by atoms with Crippen LogP contribution in [0, 0.1) is 5.92 Å². The van der Waals surface area contributed by atoms with Crippen molar-refractivity contribution >= 4 is 27.6 Å². The summed E-state index contributed by atoms with van der Waals surface area (Å²) in [5.41, 5.74) is 0. The minimum atomic E-state index is -3.87. The van der Waals surface area contributed by atoms with E-state index < -0.39 is 16.0 Å². The van der Waals surface area contributed by atoms with Crippen LogP contribution >= 0.6 is 11.6 Å². The van der Waals surface area contributed by atoms with Gasteiger partial charge in [0.2, 0.25) is 10.0 Å². The normalized spacial score (nSPS) is 15.3. The lowest BCUT2D eigenvalue weighted by molar-refractivity contribution is -0.136. The first-order valence-corrected chi connectivity index (χ1v) is 8.88. The van der Waals surface area contributed by atoms with Crippen LogP contribution < -0.4 is 9.46 Å². The first-order chi connectivity index (χ1) is 10.4. The molecule has 0 unspecified atom stereocenters. The largest absolute Gasteiger partial charge is 0.492 e. The summed E-state index contributed by atoms with van der Waals surface area (Å²) in [4.78, 5) is 10.4. The predicted molar refractivity (Wildman–Crippen MR) is 81.7 cm³/mol. The second-order valence-electron chi connectivity index (χ2n) is 5.24. The van der Waals surface area contributed by atoms with Crippen LogP contribution in [0.3, 0.4) is 0 Å². The van der Waals surface area contributed by atoms with Crippen LogP contribution in [0.2, 0.25) is 5.02 Å². The number of ether oxygens (including phenoxy) is 1. The molecule has 0 spiro atoms. The van der Waals surface area contributed by atoms with E-state index in [2.05, 4.69) is 4.72 Å². The summed E-state index contributed by atoms with van der Waals surface area (Å²) in [6, 6.07) is 4.39. The molecule has 122 valence electrons. The fourth-order valence-electron chi connectivity index (χ4n) is 2.05. The molecule has 1 fully saturated rings. The number of hydrogen-bond donors (Lipinski definition) is 2. The average molecular weight is 348 g/mol. The Balaban J connectivity index is 2.12. The van der Waals surface area contributed by atoms with E-state index in [-0.39, 0.29) is 28.6 Å². The standard InChI is InChI=1S/C14H18ClNO5S/c15-11-4-5-12(21-9-10-2-1-3-10)13(8-11)22(19,20)16-7-6-14(17)18/h4-5,8,10,16H,1-3,6-7,9H2,(H,17,18). The Labute approximate surface area is 134 Å². The highest BCUT2D eigenvalue weighted by Crippen LogP contribution is 2.31. The van der Waals surface area contributed by atoms with E-state index in [9.17, 15) is 13.2 Å². The lowest BCUT2D eigenvalue weighted by Crippen LogP contribution is -2.27. The Morgan fingerprint density at radius 2 is 2.14 bits per heavy atom. The summed E-state index contributed by atoms with van der Waals surface area (Å²) in [6.07, 6.45) is 3.06. The van der Waals surface area contributed by atoms with Crippen molar-refractivity contribution < 1.29 is 23.1 Å². The predicted octanol–water partition coefficient (Wildman–Crippen LogP) is 2.27. The lowest BCUT2D eigenvalue weighted by atomic mass is 9.86. The number of benzene rings is 1. The van der Waals surface area contributed by atoms with Crippen LogP contribution in [0.15, 0.2) is 23.1 Å². The number of rotatable bonds is 8. The minimum absolute atomic E-state index is 0.0651. The summed E-state index contributed by atoms with van der Waals surface area (Å²) >= 11 is 5.87. The van der Waals surface area contributed by atoms with Gasteiger partial charge < -0.3 is 9.84 Å². The Morgan fingerprint density at radius 1 is 1.41 bits per heavy atom. The van der Waals surface area contributed by atoms with Crippen LogP contribution in [-0.4, -0.2) is 32.6 Å². The molecular weight excluding hydrogens is 330 g/mol. The summed E-state index contributed by atoms with van der Waals surface area (Å²) < 4.78 is 32.4. The fraction of sp³-hybridized carbons (Fsp3) is 0.500. The van der Waals surface area contributed by atoms with Gasteiger partial charge in [-0.15, -0.1) is 0 Å². The van der Waals surface area contributed by atoms with E-state index in [0.29, 0.717) is 12.5 Å². The third-order valence-corrected chi connectivity index (χ3v) is 5.24. The molecule has 0 saturated heterocycles. The smallest absolute Gasteiger partial charge is 0.304 e. The molecule has 22 heavy (non-hydrogen) atoms. The zero-order chi connectivity index (χ0) is 16.2. The third kappa shape index (κ3) is 4.59. The van der Waals surface area contributed by atoms with Crippen molar-refractivity contribution in [2.45, 2.75) is 30.6 Å². The molecule has 8 heteroatoms. The van der Waals surface area contributed by atoms with Crippen LogP contribution in [0.5, 0.6) is 5.75 Å². The minimum Gasteiger partial charge on any atom is -0.492 e. The highest BCUT2D eigenvalue weighted by atomic mass is 35.5. The molecule has 0 aromatic heterocycles. The van der Waals surface area contributed by atoms with E-state index in [4.69, 9.17) is 21.4 Å².